The van der Waals surface area contributed by atoms with Crippen molar-refractivity contribution in [2.75, 3.05) is 0 Å². The number of halogens is 3. The number of ether oxygens (including phenoxy) is 1. The Morgan fingerprint density at radius 3 is 2.74 bits per heavy atom. The van der Waals surface area contributed by atoms with Gasteiger partial charge in [0.25, 0.3) is 6.43 Å². The Morgan fingerprint density at radius 1 is 1.22 bits per heavy atom. The molecule has 23 heavy (non-hydrogen) atoms. The quantitative estimate of drug-likeness (QED) is 0.640. The smallest absolute Gasteiger partial charge is 0.283 e. The van der Waals surface area contributed by atoms with Crippen molar-refractivity contribution in [1.82, 2.24) is 15.1 Å². The molecule has 0 aliphatic rings. The normalized spacial score (nSPS) is 11.0. The van der Waals surface area contributed by atoms with Crippen molar-refractivity contribution in [1.29, 1.82) is 0 Å². The maximum Gasteiger partial charge on any atom is 0.283 e. The van der Waals surface area contributed by atoms with Crippen molar-refractivity contribution in [2.24, 2.45) is 0 Å². The van der Waals surface area contributed by atoms with E-state index in [1.807, 2.05) is 6.92 Å². The lowest BCUT2D eigenvalue weighted by molar-refractivity contribution is 0.140. The summed E-state index contributed by atoms with van der Waals surface area (Å²) < 4.78 is 36.8. The Bertz CT molecular complexity index is 839. The molecule has 0 radical (unpaired) electrons. The van der Waals surface area contributed by atoms with Crippen LogP contribution in [0.15, 0.2) is 45.7 Å². The number of hydrogen-bond acceptors (Lipinski definition) is 5. The Kier molecular flexibility index (Phi) is 4.33. The van der Waals surface area contributed by atoms with Crippen LogP contribution in [-0.4, -0.2) is 15.1 Å². The fraction of sp³-hybridized carbons (Fsp3) is 0.133. The fourth-order valence-corrected chi connectivity index (χ4v) is 2.48. The Balaban J connectivity index is 2.02. The number of benzene rings is 1. The van der Waals surface area contributed by atoms with Gasteiger partial charge in [0, 0.05) is 22.3 Å². The zero-order valence-corrected chi connectivity index (χ0v) is 13.4. The molecule has 0 atom stereocenters. The Hall–Kier alpha value is -2.35. The highest BCUT2D eigenvalue weighted by molar-refractivity contribution is 9.10. The lowest BCUT2D eigenvalue weighted by Gasteiger charge is -2.10. The maximum absolute atomic E-state index is 12.7. The van der Waals surface area contributed by atoms with Crippen LogP contribution in [0.1, 0.15) is 17.8 Å². The van der Waals surface area contributed by atoms with E-state index in [1.54, 1.807) is 24.3 Å². The second kappa shape index (κ2) is 6.41. The fourth-order valence-electron chi connectivity index (χ4n) is 1.94. The van der Waals surface area contributed by atoms with Crippen LogP contribution in [0, 0.1) is 6.92 Å². The van der Waals surface area contributed by atoms with Gasteiger partial charge in [-0.1, -0.05) is 11.2 Å². The highest BCUT2D eigenvalue weighted by atomic mass is 79.9. The number of alkyl halides is 2. The van der Waals surface area contributed by atoms with Crippen molar-refractivity contribution in [3.8, 4) is 23.0 Å². The highest BCUT2D eigenvalue weighted by Crippen LogP contribution is 2.39. The molecule has 0 bridgehead atoms. The largest absolute Gasteiger partial charge is 0.438 e. The molecule has 2 aromatic heterocycles. The molecule has 0 fully saturated rings. The van der Waals surface area contributed by atoms with Gasteiger partial charge in [-0.05, 0) is 35.0 Å². The van der Waals surface area contributed by atoms with Crippen LogP contribution < -0.4 is 4.74 Å². The van der Waals surface area contributed by atoms with Crippen molar-refractivity contribution in [3.63, 3.8) is 0 Å². The molecule has 1 aromatic carbocycles. The molecule has 3 aromatic rings. The molecule has 3 rings (SSSR count). The number of nitrogens with zero attached hydrogens (tertiary/aromatic N) is 3. The molecule has 0 N–H and O–H groups in total. The lowest BCUT2D eigenvalue weighted by atomic mass is 10.1. The monoisotopic (exact) mass is 381 g/mol. The first-order valence-corrected chi connectivity index (χ1v) is 7.34. The number of hydrogen-bond donors (Lipinski definition) is 0. The summed E-state index contributed by atoms with van der Waals surface area (Å²) in [6.07, 6.45) is -1.32. The Labute approximate surface area is 138 Å². The van der Waals surface area contributed by atoms with Gasteiger partial charge < -0.3 is 9.26 Å². The average molecular weight is 382 g/mol. The standard InChI is InChI=1S/C15H10BrF2N3O2/c1-8-5-13(20-7-19-8)22-11-4-2-3-9(16)14(11)12-6-10(15(17)18)21-23-12/h2-7,15H,1H3. The van der Waals surface area contributed by atoms with Crippen LogP contribution >= 0.6 is 15.9 Å². The summed E-state index contributed by atoms with van der Waals surface area (Å²) >= 11 is 3.37. The zero-order chi connectivity index (χ0) is 16.4. The molecule has 118 valence electrons. The highest BCUT2D eigenvalue weighted by Gasteiger charge is 2.20. The minimum atomic E-state index is -2.70. The third-order valence-electron chi connectivity index (χ3n) is 2.97. The van der Waals surface area contributed by atoms with Gasteiger partial charge in [-0.25, -0.2) is 18.7 Å². The van der Waals surface area contributed by atoms with Crippen molar-refractivity contribution < 1.29 is 18.0 Å². The molecule has 0 saturated heterocycles. The summed E-state index contributed by atoms with van der Waals surface area (Å²) in [7, 11) is 0. The predicted molar refractivity (Wildman–Crippen MR) is 81.4 cm³/mol. The SMILES string of the molecule is Cc1cc(Oc2cccc(Br)c2-c2cc(C(F)F)no2)ncn1. The first-order valence-electron chi connectivity index (χ1n) is 6.54. The third kappa shape index (κ3) is 3.37. The van der Waals surface area contributed by atoms with Gasteiger partial charge in [-0.15, -0.1) is 0 Å². The topological polar surface area (TPSA) is 61.0 Å². The molecule has 0 spiro atoms. The van der Waals surface area contributed by atoms with E-state index in [4.69, 9.17) is 9.26 Å². The van der Waals surface area contributed by atoms with E-state index in [0.29, 0.717) is 21.7 Å². The zero-order valence-electron chi connectivity index (χ0n) is 11.8. The Morgan fingerprint density at radius 2 is 2.04 bits per heavy atom. The summed E-state index contributed by atoms with van der Waals surface area (Å²) in [6.45, 7) is 1.81. The van der Waals surface area contributed by atoms with Crippen LogP contribution in [0.2, 0.25) is 0 Å². The van der Waals surface area contributed by atoms with E-state index in [1.165, 1.54) is 12.4 Å². The molecule has 8 heteroatoms. The molecule has 0 unspecified atom stereocenters. The first-order chi connectivity index (χ1) is 11.0. The lowest BCUT2D eigenvalue weighted by Crippen LogP contribution is -1.93. The van der Waals surface area contributed by atoms with Crippen LogP contribution in [0.25, 0.3) is 11.3 Å². The van der Waals surface area contributed by atoms with Crippen LogP contribution in [0.4, 0.5) is 8.78 Å². The van der Waals surface area contributed by atoms with Crippen LogP contribution in [0.5, 0.6) is 11.6 Å². The van der Waals surface area contributed by atoms with Crippen molar-refractivity contribution >= 4 is 15.9 Å². The van der Waals surface area contributed by atoms with Gasteiger partial charge in [0.05, 0.1) is 5.56 Å². The van der Waals surface area contributed by atoms with Gasteiger partial charge in [-0.3, -0.25) is 0 Å². The van der Waals surface area contributed by atoms with E-state index >= 15 is 0 Å². The van der Waals surface area contributed by atoms with Crippen LogP contribution in [0.3, 0.4) is 0 Å². The van der Waals surface area contributed by atoms with Gasteiger partial charge in [0.15, 0.2) is 5.76 Å². The minimum absolute atomic E-state index is 0.175. The summed E-state index contributed by atoms with van der Waals surface area (Å²) in [5.41, 5.74) is 0.786. The maximum atomic E-state index is 12.7. The molecule has 0 aliphatic carbocycles. The molecule has 0 saturated carbocycles. The molecule has 2 heterocycles. The van der Waals surface area contributed by atoms with E-state index in [2.05, 4.69) is 31.1 Å². The van der Waals surface area contributed by atoms with Gasteiger partial charge in [-0.2, -0.15) is 0 Å². The van der Waals surface area contributed by atoms with E-state index in [-0.39, 0.29) is 5.76 Å². The molecular weight excluding hydrogens is 372 g/mol. The molecular formula is C15H10BrF2N3O2. The summed E-state index contributed by atoms with van der Waals surface area (Å²) in [4.78, 5) is 8.01. The number of aromatic nitrogens is 3. The number of aryl methyl sites for hydroxylation is 1. The second-order valence-corrected chi connectivity index (χ2v) is 5.48. The minimum Gasteiger partial charge on any atom is -0.438 e. The summed E-state index contributed by atoms with van der Waals surface area (Å²) in [5, 5.41) is 3.37. The summed E-state index contributed by atoms with van der Waals surface area (Å²) in [5.74, 6) is 0.911. The third-order valence-corrected chi connectivity index (χ3v) is 3.63. The van der Waals surface area contributed by atoms with Crippen LogP contribution in [-0.2, 0) is 0 Å². The van der Waals surface area contributed by atoms with Gasteiger partial charge in [0.1, 0.15) is 17.8 Å². The summed E-state index contributed by atoms with van der Waals surface area (Å²) in [6, 6.07) is 8.03. The molecule has 5 nitrogen and oxygen atoms in total. The van der Waals surface area contributed by atoms with Crippen molar-refractivity contribution in [3.05, 3.63) is 52.5 Å². The number of rotatable bonds is 4. The van der Waals surface area contributed by atoms with E-state index < -0.39 is 12.1 Å². The second-order valence-electron chi connectivity index (χ2n) is 4.63. The van der Waals surface area contributed by atoms with Gasteiger partial charge >= 0.3 is 0 Å². The van der Waals surface area contributed by atoms with Crippen molar-refractivity contribution in [2.45, 2.75) is 13.3 Å². The van der Waals surface area contributed by atoms with Gasteiger partial charge in [0.2, 0.25) is 5.88 Å². The average Bonchev–Trinajstić information content (AvgIpc) is 2.97. The van der Waals surface area contributed by atoms with E-state index in [0.717, 1.165) is 5.69 Å². The molecule has 0 amide bonds. The molecule has 0 aliphatic heterocycles. The first kappa shape index (κ1) is 15.5. The van der Waals surface area contributed by atoms with E-state index in [9.17, 15) is 8.78 Å². The predicted octanol–water partition coefficient (Wildman–Crippen LogP) is 4.93.